The lowest BCUT2D eigenvalue weighted by molar-refractivity contribution is -0.131. The molecule has 0 bridgehead atoms. The van der Waals surface area contributed by atoms with Gasteiger partial charge in [-0.3, -0.25) is 4.79 Å². The van der Waals surface area contributed by atoms with E-state index in [1.807, 2.05) is 36.4 Å². The summed E-state index contributed by atoms with van der Waals surface area (Å²) >= 11 is 0. The minimum atomic E-state index is -0.290. The van der Waals surface area contributed by atoms with Crippen LogP contribution in [-0.2, 0) is 4.79 Å². The highest BCUT2D eigenvalue weighted by Gasteiger charge is 2.02. The first-order valence-electron chi connectivity index (χ1n) is 4.43. The largest absolute Gasteiger partial charge is 0.426 e. The van der Waals surface area contributed by atoms with Crippen molar-refractivity contribution in [2.75, 3.05) is 0 Å². The standard InChI is InChI=1S/C12H10O2.Al/c1-9(13)14-12-8-4-6-10-5-2-3-7-11(10)12;/h2-8H,1H3;. The van der Waals surface area contributed by atoms with Gasteiger partial charge in [-0.05, 0) is 11.5 Å². The third-order valence-electron chi connectivity index (χ3n) is 2.00. The Balaban J connectivity index is 0.00000112. The van der Waals surface area contributed by atoms with Crippen LogP contribution in [0, 0.1) is 0 Å². The summed E-state index contributed by atoms with van der Waals surface area (Å²) in [4.78, 5) is 10.8. The van der Waals surface area contributed by atoms with Crippen LogP contribution in [-0.4, -0.2) is 23.3 Å². The Morgan fingerprint density at radius 1 is 1.07 bits per heavy atom. The van der Waals surface area contributed by atoms with Crippen molar-refractivity contribution in [2.24, 2.45) is 0 Å². The molecule has 0 spiro atoms. The van der Waals surface area contributed by atoms with E-state index in [2.05, 4.69) is 0 Å². The van der Waals surface area contributed by atoms with Crippen molar-refractivity contribution in [3.63, 3.8) is 0 Å². The zero-order valence-corrected chi connectivity index (χ0v) is 9.59. The first kappa shape index (κ1) is 11.8. The van der Waals surface area contributed by atoms with E-state index in [1.165, 1.54) is 6.92 Å². The van der Waals surface area contributed by atoms with Crippen molar-refractivity contribution >= 4 is 34.1 Å². The second-order valence-electron chi connectivity index (χ2n) is 3.07. The van der Waals surface area contributed by atoms with Crippen LogP contribution in [0.3, 0.4) is 0 Å². The summed E-state index contributed by atoms with van der Waals surface area (Å²) in [7, 11) is 0. The van der Waals surface area contributed by atoms with Gasteiger partial charge in [0.05, 0.1) is 0 Å². The van der Waals surface area contributed by atoms with Crippen molar-refractivity contribution in [1.29, 1.82) is 0 Å². The number of esters is 1. The van der Waals surface area contributed by atoms with Gasteiger partial charge in [-0.15, -0.1) is 0 Å². The minimum Gasteiger partial charge on any atom is -0.426 e. The number of ether oxygens (including phenoxy) is 1. The van der Waals surface area contributed by atoms with Gasteiger partial charge in [0.1, 0.15) is 5.75 Å². The van der Waals surface area contributed by atoms with E-state index < -0.39 is 0 Å². The summed E-state index contributed by atoms with van der Waals surface area (Å²) in [6.45, 7) is 1.40. The van der Waals surface area contributed by atoms with Crippen molar-refractivity contribution in [1.82, 2.24) is 0 Å². The molecule has 0 amide bonds. The third kappa shape index (κ3) is 2.59. The molecule has 3 radical (unpaired) electrons. The highest BCUT2D eigenvalue weighted by atomic mass is 27.0. The highest BCUT2D eigenvalue weighted by molar-refractivity contribution is 5.90. The molecule has 3 heteroatoms. The monoisotopic (exact) mass is 213 g/mol. The quantitative estimate of drug-likeness (QED) is 0.413. The lowest BCUT2D eigenvalue weighted by Crippen LogP contribution is -2.01. The van der Waals surface area contributed by atoms with Crippen LogP contribution in [0.1, 0.15) is 6.92 Å². The second kappa shape index (κ2) is 4.97. The van der Waals surface area contributed by atoms with Crippen LogP contribution in [0.25, 0.3) is 10.8 Å². The molecule has 0 N–H and O–H groups in total. The van der Waals surface area contributed by atoms with E-state index in [1.54, 1.807) is 6.07 Å². The van der Waals surface area contributed by atoms with Gasteiger partial charge in [0.15, 0.2) is 0 Å². The lowest BCUT2D eigenvalue weighted by atomic mass is 10.1. The van der Waals surface area contributed by atoms with Crippen molar-refractivity contribution in [3.05, 3.63) is 42.5 Å². The summed E-state index contributed by atoms with van der Waals surface area (Å²) in [5, 5.41) is 2.04. The summed E-state index contributed by atoms with van der Waals surface area (Å²) in [6, 6.07) is 13.5. The molecule has 0 unspecified atom stereocenters. The van der Waals surface area contributed by atoms with Crippen LogP contribution in [0.2, 0.25) is 0 Å². The van der Waals surface area contributed by atoms with Gasteiger partial charge in [0.25, 0.3) is 0 Å². The number of carbonyl (C=O) groups excluding carboxylic acids is 1. The molecule has 15 heavy (non-hydrogen) atoms. The van der Waals surface area contributed by atoms with Gasteiger partial charge in [0.2, 0.25) is 0 Å². The summed E-state index contributed by atoms with van der Waals surface area (Å²) in [5.74, 6) is 0.331. The van der Waals surface area contributed by atoms with Crippen LogP contribution in [0.15, 0.2) is 42.5 Å². The Morgan fingerprint density at radius 3 is 2.47 bits per heavy atom. The predicted octanol–water partition coefficient (Wildman–Crippen LogP) is 2.38. The third-order valence-corrected chi connectivity index (χ3v) is 2.00. The fraction of sp³-hybridized carbons (Fsp3) is 0.0833. The number of hydrogen-bond acceptors (Lipinski definition) is 2. The molecule has 0 aromatic heterocycles. The number of fused-ring (bicyclic) bond motifs is 1. The van der Waals surface area contributed by atoms with E-state index in [-0.39, 0.29) is 23.3 Å². The molecule has 73 valence electrons. The maximum atomic E-state index is 10.8. The molecule has 0 aliphatic rings. The smallest absolute Gasteiger partial charge is 0.308 e. The topological polar surface area (TPSA) is 26.3 Å². The van der Waals surface area contributed by atoms with Gasteiger partial charge in [0, 0.05) is 29.7 Å². The molecule has 0 heterocycles. The minimum absolute atomic E-state index is 0. The molecule has 2 rings (SSSR count). The number of benzene rings is 2. The van der Waals surface area contributed by atoms with Gasteiger partial charge in [-0.1, -0.05) is 36.4 Å². The van der Waals surface area contributed by atoms with Crippen LogP contribution in [0.5, 0.6) is 5.75 Å². The number of rotatable bonds is 1. The van der Waals surface area contributed by atoms with Crippen LogP contribution < -0.4 is 4.74 Å². The fourth-order valence-electron chi connectivity index (χ4n) is 1.44. The molecule has 0 aliphatic carbocycles. The lowest BCUT2D eigenvalue weighted by Gasteiger charge is -2.04. The number of hydrogen-bond donors (Lipinski definition) is 0. The van der Waals surface area contributed by atoms with E-state index in [0.717, 1.165) is 10.8 Å². The maximum absolute atomic E-state index is 10.8. The van der Waals surface area contributed by atoms with Crippen LogP contribution >= 0.6 is 0 Å². The Labute approximate surface area is 99.0 Å². The summed E-state index contributed by atoms with van der Waals surface area (Å²) < 4.78 is 5.09. The molecular weight excluding hydrogens is 203 g/mol. The molecule has 0 saturated heterocycles. The molecule has 2 aromatic rings. The Hall–Kier alpha value is -1.30. The molecule has 0 fully saturated rings. The van der Waals surface area contributed by atoms with Crippen molar-refractivity contribution < 1.29 is 9.53 Å². The first-order chi connectivity index (χ1) is 6.77. The zero-order chi connectivity index (χ0) is 9.97. The van der Waals surface area contributed by atoms with E-state index in [4.69, 9.17) is 4.74 Å². The summed E-state index contributed by atoms with van der Waals surface area (Å²) in [6.07, 6.45) is 0. The molecule has 2 aromatic carbocycles. The highest BCUT2D eigenvalue weighted by Crippen LogP contribution is 2.24. The Morgan fingerprint density at radius 2 is 1.73 bits per heavy atom. The van der Waals surface area contributed by atoms with Crippen LogP contribution in [0.4, 0.5) is 0 Å². The first-order valence-corrected chi connectivity index (χ1v) is 4.43. The molecule has 0 atom stereocenters. The Bertz CT molecular complexity index is 475. The van der Waals surface area contributed by atoms with Gasteiger partial charge >= 0.3 is 5.97 Å². The Kier molecular flexibility index (Phi) is 3.90. The van der Waals surface area contributed by atoms with Crippen molar-refractivity contribution in [3.8, 4) is 5.75 Å². The molecule has 2 nitrogen and oxygen atoms in total. The molecule has 0 aliphatic heterocycles. The molecule has 0 saturated carbocycles. The second-order valence-corrected chi connectivity index (χ2v) is 3.07. The average Bonchev–Trinajstić information content (AvgIpc) is 2.18. The van der Waals surface area contributed by atoms with E-state index in [9.17, 15) is 4.79 Å². The van der Waals surface area contributed by atoms with Crippen molar-refractivity contribution in [2.45, 2.75) is 6.92 Å². The van der Waals surface area contributed by atoms with E-state index in [0.29, 0.717) is 5.75 Å². The zero-order valence-electron chi connectivity index (χ0n) is 8.44. The average molecular weight is 213 g/mol. The van der Waals surface area contributed by atoms with Gasteiger partial charge in [-0.2, -0.15) is 0 Å². The number of carbonyl (C=O) groups is 1. The van der Waals surface area contributed by atoms with Gasteiger partial charge < -0.3 is 4.74 Å². The summed E-state index contributed by atoms with van der Waals surface area (Å²) in [5.41, 5.74) is 0. The normalized spacial score (nSPS) is 9.40. The predicted molar refractivity (Wildman–Crippen MR) is 61.0 cm³/mol. The maximum Gasteiger partial charge on any atom is 0.308 e. The SMILES string of the molecule is CC(=O)Oc1cccc2ccccc12.[Al]. The fourth-order valence-corrected chi connectivity index (χ4v) is 1.44. The van der Waals surface area contributed by atoms with E-state index >= 15 is 0 Å². The molecular formula is C12H10AlO2. The van der Waals surface area contributed by atoms with Gasteiger partial charge in [-0.25, -0.2) is 0 Å².